The van der Waals surface area contributed by atoms with Gasteiger partial charge in [0.2, 0.25) is 0 Å². The summed E-state index contributed by atoms with van der Waals surface area (Å²) in [6, 6.07) is 3.61. The fourth-order valence-electron chi connectivity index (χ4n) is 1.83. The third-order valence-corrected chi connectivity index (χ3v) is 3.65. The van der Waals surface area contributed by atoms with Crippen LogP contribution < -0.4 is 11.1 Å². The number of carbonyl (C=O) groups excluding carboxylic acids is 1. The van der Waals surface area contributed by atoms with Crippen molar-refractivity contribution >= 4 is 23.4 Å². The number of nitrogens with two attached hydrogens (primary N) is 1. The first-order valence-electron chi connectivity index (χ1n) is 5.44. The van der Waals surface area contributed by atoms with E-state index in [-0.39, 0.29) is 5.91 Å². The molecule has 1 aliphatic heterocycles. The third kappa shape index (κ3) is 1.84. The maximum absolute atomic E-state index is 11.5. The van der Waals surface area contributed by atoms with E-state index in [1.54, 1.807) is 12.3 Å². The van der Waals surface area contributed by atoms with Crippen LogP contribution in [0.15, 0.2) is 32.9 Å². The molecule has 1 aliphatic rings. The quantitative estimate of drug-likeness (QED) is 0.808. The van der Waals surface area contributed by atoms with Gasteiger partial charge in [-0.2, -0.15) is 0 Å². The first-order valence-corrected chi connectivity index (χ1v) is 6.26. The Kier molecular flexibility index (Phi) is 2.52. The molecule has 5 nitrogen and oxygen atoms in total. The van der Waals surface area contributed by atoms with Crippen molar-refractivity contribution in [2.75, 3.05) is 5.73 Å². The highest BCUT2D eigenvalue weighted by Crippen LogP contribution is 2.34. The van der Waals surface area contributed by atoms with E-state index in [4.69, 9.17) is 10.2 Å². The number of benzene rings is 1. The first-order chi connectivity index (χ1) is 8.63. The van der Waals surface area contributed by atoms with E-state index in [9.17, 15) is 4.79 Å². The molecular formula is C12H11N3O2S. The van der Waals surface area contributed by atoms with Gasteiger partial charge in [0.05, 0.1) is 5.69 Å². The van der Waals surface area contributed by atoms with Gasteiger partial charge in [-0.1, -0.05) is 0 Å². The fraction of sp³-hybridized carbons (Fsp3) is 0.167. The van der Waals surface area contributed by atoms with Crippen LogP contribution in [0, 0.1) is 6.92 Å². The second-order valence-corrected chi connectivity index (χ2v) is 5.08. The van der Waals surface area contributed by atoms with Crippen LogP contribution in [0.1, 0.15) is 21.6 Å². The number of hydrogen-bond donors (Lipinski definition) is 2. The lowest BCUT2D eigenvalue weighted by molar-refractivity contribution is 0.0966. The normalized spacial score (nSPS) is 13.5. The predicted molar refractivity (Wildman–Crippen MR) is 67.4 cm³/mol. The highest BCUT2D eigenvalue weighted by molar-refractivity contribution is 7.99. The van der Waals surface area contributed by atoms with Crippen LogP contribution in [-0.4, -0.2) is 10.9 Å². The van der Waals surface area contributed by atoms with Crippen molar-refractivity contribution in [3.63, 3.8) is 0 Å². The Hall–Kier alpha value is -1.95. The van der Waals surface area contributed by atoms with Crippen molar-refractivity contribution < 1.29 is 9.21 Å². The number of oxazole rings is 1. The molecule has 0 atom stereocenters. The van der Waals surface area contributed by atoms with Crippen LogP contribution in [0.3, 0.4) is 0 Å². The van der Waals surface area contributed by atoms with Gasteiger partial charge in [0.1, 0.15) is 6.26 Å². The number of carbonyl (C=O) groups is 1. The summed E-state index contributed by atoms with van der Waals surface area (Å²) in [6.07, 6.45) is 1.59. The third-order valence-electron chi connectivity index (χ3n) is 2.71. The van der Waals surface area contributed by atoms with Gasteiger partial charge in [-0.15, -0.1) is 0 Å². The minimum absolute atomic E-state index is 0.0692. The van der Waals surface area contributed by atoms with Gasteiger partial charge in [-0.05, 0) is 36.4 Å². The summed E-state index contributed by atoms with van der Waals surface area (Å²) in [5.41, 5.74) is 8.94. The van der Waals surface area contributed by atoms with E-state index in [1.165, 1.54) is 11.8 Å². The Morgan fingerprint density at radius 3 is 3.06 bits per heavy atom. The number of hydrogen-bond acceptors (Lipinski definition) is 5. The Balaban J connectivity index is 1.96. The van der Waals surface area contributed by atoms with Gasteiger partial charge < -0.3 is 15.5 Å². The molecule has 0 bridgehead atoms. The maximum Gasteiger partial charge on any atom is 0.260 e. The summed E-state index contributed by atoms with van der Waals surface area (Å²) in [5.74, 6) is -0.0692. The lowest BCUT2D eigenvalue weighted by Crippen LogP contribution is -2.12. The molecule has 3 rings (SSSR count). The van der Waals surface area contributed by atoms with E-state index in [1.807, 2.05) is 13.0 Å². The highest BCUT2D eigenvalue weighted by Gasteiger charge is 2.21. The fourth-order valence-corrected chi connectivity index (χ4v) is 2.68. The molecule has 0 spiro atoms. The SMILES string of the molecule is Cc1coc(Sc2cc3c(cc2N)C(=O)NC3)n1. The van der Waals surface area contributed by atoms with Crippen LogP contribution >= 0.6 is 11.8 Å². The zero-order valence-corrected chi connectivity index (χ0v) is 10.5. The molecule has 2 heterocycles. The van der Waals surface area contributed by atoms with Gasteiger partial charge in [-0.25, -0.2) is 4.98 Å². The lowest BCUT2D eigenvalue weighted by atomic mass is 10.1. The molecular weight excluding hydrogens is 250 g/mol. The molecule has 0 radical (unpaired) electrons. The number of anilines is 1. The minimum atomic E-state index is -0.0692. The molecule has 1 aromatic heterocycles. The molecule has 1 amide bonds. The average Bonchev–Trinajstić information content (AvgIpc) is 2.88. The highest BCUT2D eigenvalue weighted by atomic mass is 32.2. The summed E-state index contributed by atoms with van der Waals surface area (Å²) in [4.78, 5) is 16.6. The predicted octanol–water partition coefficient (Wildman–Crippen LogP) is 1.96. The molecule has 92 valence electrons. The lowest BCUT2D eigenvalue weighted by Gasteiger charge is -2.05. The smallest absolute Gasteiger partial charge is 0.260 e. The second kappa shape index (κ2) is 4.06. The Labute approximate surface area is 108 Å². The van der Waals surface area contributed by atoms with Crippen molar-refractivity contribution in [1.29, 1.82) is 0 Å². The topological polar surface area (TPSA) is 81.1 Å². The van der Waals surface area contributed by atoms with Gasteiger partial charge in [-0.3, -0.25) is 4.79 Å². The largest absolute Gasteiger partial charge is 0.439 e. The van der Waals surface area contributed by atoms with Gasteiger partial charge in [0, 0.05) is 22.7 Å². The standard InChI is InChI=1S/C12H11N3O2S/c1-6-5-17-12(15-6)18-10-2-7-4-14-11(16)8(7)3-9(10)13/h2-3,5H,4,13H2,1H3,(H,14,16). The monoisotopic (exact) mass is 261 g/mol. The molecule has 1 aromatic carbocycles. The number of nitrogens with one attached hydrogen (secondary N) is 1. The Morgan fingerprint density at radius 1 is 1.50 bits per heavy atom. The van der Waals surface area contributed by atoms with Crippen LogP contribution in [0.2, 0.25) is 0 Å². The van der Waals surface area contributed by atoms with Gasteiger partial charge in [0.15, 0.2) is 0 Å². The number of nitrogen functional groups attached to an aromatic ring is 1. The van der Waals surface area contributed by atoms with E-state index >= 15 is 0 Å². The van der Waals surface area contributed by atoms with Crippen LogP contribution in [0.4, 0.5) is 5.69 Å². The van der Waals surface area contributed by atoms with Crippen molar-refractivity contribution in [2.45, 2.75) is 23.6 Å². The van der Waals surface area contributed by atoms with Crippen molar-refractivity contribution in [2.24, 2.45) is 0 Å². The first kappa shape index (κ1) is 11.2. The number of aromatic nitrogens is 1. The van der Waals surface area contributed by atoms with Crippen molar-refractivity contribution in [3.05, 3.63) is 35.2 Å². The Morgan fingerprint density at radius 2 is 2.33 bits per heavy atom. The second-order valence-electron chi connectivity index (χ2n) is 4.09. The van der Waals surface area contributed by atoms with Crippen molar-refractivity contribution in [1.82, 2.24) is 10.3 Å². The summed E-state index contributed by atoms with van der Waals surface area (Å²) in [5, 5.41) is 3.32. The van der Waals surface area contributed by atoms with Gasteiger partial charge in [0.25, 0.3) is 11.1 Å². The molecule has 0 fully saturated rings. The molecule has 0 saturated carbocycles. The van der Waals surface area contributed by atoms with Crippen LogP contribution in [0.25, 0.3) is 0 Å². The minimum Gasteiger partial charge on any atom is -0.439 e. The molecule has 3 N–H and O–H groups in total. The number of nitrogens with zero attached hydrogens (tertiary/aromatic N) is 1. The van der Waals surface area contributed by atoms with Gasteiger partial charge >= 0.3 is 0 Å². The number of fused-ring (bicyclic) bond motifs is 1. The summed E-state index contributed by atoms with van der Waals surface area (Å²) >= 11 is 1.36. The zero-order chi connectivity index (χ0) is 12.7. The number of aryl methyl sites for hydroxylation is 1. The summed E-state index contributed by atoms with van der Waals surface area (Å²) < 4.78 is 5.28. The van der Waals surface area contributed by atoms with E-state index in [0.717, 1.165) is 16.2 Å². The number of amides is 1. The van der Waals surface area contributed by atoms with E-state index in [0.29, 0.717) is 23.0 Å². The Bertz CT molecular complexity index is 636. The van der Waals surface area contributed by atoms with E-state index in [2.05, 4.69) is 10.3 Å². The maximum atomic E-state index is 11.5. The molecule has 2 aromatic rings. The number of rotatable bonds is 2. The van der Waals surface area contributed by atoms with E-state index < -0.39 is 0 Å². The van der Waals surface area contributed by atoms with Crippen molar-refractivity contribution in [3.8, 4) is 0 Å². The molecule has 18 heavy (non-hydrogen) atoms. The zero-order valence-electron chi connectivity index (χ0n) is 9.69. The summed E-state index contributed by atoms with van der Waals surface area (Å²) in [7, 11) is 0. The molecule has 6 heteroatoms. The average molecular weight is 261 g/mol. The van der Waals surface area contributed by atoms with Crippen LogP contribution in [0.5, 0.6) is 0 Å². The molecule has 0 aliphatic carbocycles. The summed E-state index contributed by atoms with van der Waals surface area (Å²) in [6.45, 7) is 2.41. The molecule has 0 unspecified atom stereocenters. The molecule has 0 saturated heterocycles. The van der Waals surface area contributed by atoms with Crippen LogP contribution in [-0.2, 0) is 6.54 Å².